The molecule has 2 aromatic rings. The van der Waals surface area contributed by atoms with Crippen molar-refractivity contribution in [1.82, 2.24) is 0 Å². The zero-order valence-electron chi connectivity index (χ0n) is 11.5. The third-order valence-electron chi connectivity index (χ3n) is 2.80. The molecule has 0 radical (unpaired) electrons. The van der Waals surface area contributed by atoms with Crippen LogP contribution in [0.4, 0.5) is 0 Å². The highest BCUT2D eigenvalue weighted by molar-refractivity contribution is 6.30. The number of carbonyl (C=O) groups excluding carboxylic acids is 1. The van der Waals surface area contributed by atoms with E-state index in [1.807, 2.05) is 0 Å². The van der Waals surface area contributed by atoms with Gasteiger partial charge in [-0.2, -0.15) is 0 Å². The molecule has 0 fully saturated rings. The number of allylic oxidation sites excluding steroid dienone is 1. The number of halogens is 1. The van der Waals surface area contributed by atoms with Gasteiger partial charge in [-0.1, -0.05) is 29.8 Å². The summed E-state index contributed by atoms with van der Waals surface area (Å²) in [6.07, 6.45) is 3.15. The minimum Gasteiger partial charge on any atom is -0.482 e. The zero-order chi connectivity index (χ0) is 15.9. The minimum absolute atomic E-state index is 0.122. The lowest BCUT2D eigenvalue weighted by Gasteiger charge is -2.02. The highest BCUT2D eigenvalue weighted by Gasteiger charge is 2.02. The number of carboxylic acid groups (broad SMARTS) is 1. The summed E-state index contributed by atoms with van der Waals surface area (Å²) in [5.41, 5.74) is 1.37. The second-order valence-corrected chi connectivity index (χ2v) is 4.89. The summed E-state index contributed by atoms with van der Waals surface area (Å²) in [6, 6.07) is 13.4. The summed E-state index contributed by atoms with van der Waals surface area (Å²) in [4.78, 5) is 22.3. The number of ether oxygens (including phenoxy) is 1. The molecule has 0 atom stereocenters. The van der Waals surface area contributed by atoms with E-state index in [0.29, 0.717) is 16.3 Å². The Morgan fingerprint density at radius 3 is 2.27 bits per heavy atom. The molecule has 0 heterocycles. The first-order valence-corrected chi connectivity index (χ1v) is 6.85. The van der Waals surface area contributed by atoms with Crippen LogP contribution in [0, 0.1) is 0 Å². The van der Waals surface area contributed by atoms with Crippen LogP contribution in [-0.2, 0) is 4.79 Å². The van der Waals surface area contributed by atoms with Crippen molar-refractivity contribution in [2.45, 2.75) is 0 Å². The van der Waals surface area contributed by atoms with Gasteiger partial charge in [-0.3, -0.25) is 4.79 Å². The molecule has 0 saturated heterocycles. The summed E-state index contributed by atoms with van der Waals surface area (Å²) in [7, 11) is 0. The lowest BCUT2D eigenvalue weighted by atomic mass is 10.1. The van der Waals surface area contributed by atoms with Crippen molar-refractivity contribution >= 4 is 29.4 Å². The Morgan fingerprint density at radius 2 is 1.68 bits per heavy atom. The number of hydrogen-bond donors (Lipinski definition) is 1. The van der Waals surface area contributed by atoms with Gasteiger partial charge in [0.15, 0.2) is 12.4 Å². The summed E-state index contributed by atoms with van der Waals surface area (Å²) in [6.45, 7) is -0.385. The number of rotatable bonds is 6. The SMILES string of the molecule is O=C(O)COc1ccc(/C=C/C(=O)c2ccc(Cl)cc2)cc1. The summed E-state index contributed by atoms with van der Waals surface area (Å²) < 4.78 is 5.03. The fraction of sp³-hybridized carbons (Fsp3) is 0.0588. The molecule has 0 amide bonds. The van der Waals surface area contributed by atoms with Crippen molar-refractivity contribution in [3.8, 4) is 5.75 Å². The maximum absolute atomic E-state index is 12.0. The number of carbonyl (C=O) groups is 2. The molecule has 2 aromatic carbocycles. The lowest BCUT2D eigenvalue weighted by molar-refractivity contribution is -0.139. The van der Waals surface area contributed by atoms with Crippen LogP contribution in [0.25, 0.3) is 6.08 Å². The van der Waals surface area contributed by atoms with Crippen LogP contribution in [0.3, 0.4) is 0 Å². The van der Waals surface area contributed by atoms with Gasteiger partial charge in [0, 0.05) is 10.6 Å². The predicted octanol–water partition coefficient (Wildman–Crippen LogP) is 3.70. The van der Waals surface area contributed by atoms with Gasteiger partial charge in [0.25, 0.3) is 0 Å². The molecule has 22 heavy (non-hydrogen) atoms. The molecule has 0 bridgehead atoms. The highest BCUT2D eigenvalue weighted by atomic mass is 35.5. The maximum Gasteiger partial charge on any atom is 0.341 e. The van der Waals surface area contributed by atoms with Crippen molar-refractivity contribution in [3.05, 3.63) is 70.8 Å². The first-order valence-electron chi connectivity index (χ1n) is 6.47. The lowest BCUT2D eigenvalue weighted by Crippen LogP contribution is -2.09. The summed E-state index contributed by atoms with van der Waals surface area (Å²) in [5, 5.41) is 9.10. The Hall–Kier alpha value is -2.59. The molecule has 0 aromatic heterocycles. The fourth-order valence-electron chi connectivity index (χ4n) is 1.70. The average Bonchev–Trinajstić information content (AvgIpc) is 2.52. The van der Waals surface area contributed by atoms with E-state index in [0.717, 1.165) is 5.56 Å². The molecule has 0 unspecified atom stereocenters. The Kier molecular flexibility index (Phi) is 5.33. The molecule has 2 rings (SSSR count). The van der Waals surface area contributed by atoms with Crippen LogP contribution in [0.5, 0.6) is 5.75 Å². The summed E-state index contributed by atoms with van der Waals surface area (Å²) >= 11 is 5.77. The van der Waals surface area contributed by atoms with Crippen molar-refractivity contribution in [2.24, 2.45) is 0 Å². The number of aliphatic carboxylic acids is 1. The van der Waals surface area contributed by atoms with Gasteiger partial charge in [0.1, 0.15) is 5.75 Å². The van der Waals surface area contributed by atoms with Gasteiger partial charge in [-0.15, -0.1) is 0 Å². The van der Waals surface area contributed by atoms with E-state index >= 15 is 0 Å². The molecule has 0 saturated carbocycles. The van der Waals surface area contributed by atoms with Crippen LogP contribution in [0.2, 0.25) is 5.02 Å². The Balaban J connectivity index is 1.99. The molecule has 0 aliphatic carbocycles. The van der Waals surface area contributed by atoms with Crippen LogP contribution >= 0.6 is 11.6 Å². The number of benzene rings is 2. The highest BCUT2D eigenvalue weighted by Crippen LogP contribution is 2.14. The van der Waals surface area contributed by atoms with E-state index < -0.39 is 5.97 Å². The van der Waals surface area contributed by atoms with E-state index in [-0.39, 0.29) is 12.4 Å². The van der Waals surface area contributed by atoms with Crippen molar-refractivity contribution < 1.29 is 19.4 Å². The minimum atomic E-state index is -1.03. The Morgan fingerprint density at radius 1 is 1.05 bits per heavy atom. The van der Waals surface area contributed by atoms with Crippen LogP contribution in [0.15, 0.2) is 54.6 Å². The molecule has 112 valence electrons. The molecular weight excluding hydrogens is 304 g/mol. The summed E-state index contributed by atoms with van der Waals surface area (Å²) in [5.74, 6) is -0.691. The van der Waals surface area contributed by atoms with Crippen molar-refractivity contribution in [3.63, 3.8) is 0 Å². The predicted molar refractivity (Wildman–Crippen MR) is 84.4 cm³/mol. The first kappa shape index (κ1) is 15.8. The molecule has 4 nitrogen and oxygen atoms in total. The van der Waals surface area contributed by atoms with Gasteiger partial charge in [-0.05, 0) is 48.0 Å². The number of ketones is 1. The van der Waals surface area contributed by atoms with Crippen molar-refractivity contribution in [1.29, 1.82) is 0 Å². The number of carboxylic acids is 1. The standard InChI is InChI=1S/C17H13ClO4/c18-14-6-4-13(5-7-14)16(19)10-3-12-1-8-15(9-2-12)22-11-17(20)21/h1-10H,11H2,(H,20,21)/b10-3+. The quantitative estimate of drug-likeness (QED) is 0.652. The number of hydrogen-bond acceptors (Lipinski definition) is 3. The van der Waals surface area contributed by atoms with Gasteiger partial charge in [0.2, 0.25) is 0 Å². The molecular formula is C17H13ClO4. The third kappa shape index (κ3) is 4.75. The Labute approximate surface area is 132 Å². The van der Waals surface area contributed by atoms with Crippen LogP contribution < -0.4 is 4.74 Å². The van der Waals surface area contributed by atoms with Gasteiger partial charge in [0.05, 0.1) is 0 Å². The van der Waals surface area contributed by atoms with Gasteiger partial charge >= 0.3 is 5.97 Å². The second-order valence-electron chi connectivity index (χ2n) is 4.46. The van der Waals surface area contributed by atoms with E-state index in [9.17, 15) is 9.59 Å². The first-order chi connectivity index (χ1) is 10.5. The second kappa shape index (κ2) is 7.43. The average molecular weight is 317 g/mol. The van der Waals surface area contributed by atoms with E-state index in [4.69, 9.17) is 21.4 Å². The van der Waals surface area contributed by atoms with Crippen LogP contribution in [-0.4, -0.2) is 23.5 Å². The van der Waals surface area contributed by atoms with Gasteiger partial charge in [-0.25, -0.2) is 4.79 Å². The molecule has 0 spiro atoms. The maximum atomic E-state index is 12.0. The molecule has 1 N–H and O–H groups in total. The zero-order valence-corrected chi connectivity index (χ0v) is 12.3. The normalized spacial score (nSPS) is 10.6. The van der Waals surface area contributed by atoms with Gasteiger partial charge < -0.3 is 9.84 Å². The Bertz CT molecular complexity index is 688. The molecule has 5 heteroatoms. The monoisotopic (exact) mass is 316 g/mol. The molecule has 0 aliphatic rings. The van der Waals surface area contributed by atoms with E-state index in [2.05, 4.69) is 0 Å². The topological polar surface area (TPSA) is 63.6 Å². The van der Waals surface area contributed by atoms with E-state index in [1.165, 1.54) is 6.08 Å². The molecule has 0 aliphatic heterocycles. The van der Waals surface area contributed by atoms with Crippen molar-refractivity contribution in [2.75, 3.05) is 6.61 Å². The fourth-order valence-corrected chi connectivity index (χ4v) is 1.83. The largest absolute Gasteiger partial charge is 0.482 e. The van der Waals surface area contributed by atoms with Crippen LogP contribution in [0.1, 0.15) is 15.9 Å². The smallest absolute Gasteiger partial charge is 0.341 e. The third-order valence-corrected chi connectivity index (χ3v) is 3.05. The van der Waals surface area contributed by atoms with E-state index in [1.54, 1.807) is 54.6 Å².